The first-order chi connectivity index (χ1) is 13.9. The minimum absolute atomic E-state index is 0.123. The summed E-state index contributed by atoms with van der Waals surface area (Å²) in [5, 5.41) is 6.07. The zero-order valence-electron chi connectivity index (χ0n) is 15.1. The summed E-state index contributed by atoms with van der Waals surface area (Å²) >= 11 is 7.00. The molecule has 0 aliphatic heterocycles. The Morgan fingerprint density at radius 3 is 2.79 bits per heavy atom. The average molecular weight is 436 g/mol. The number of amides is 1. The molecule has 1 heterocycles. The summed E-state index contributed by atoms with van der Waals surface area (Å²) in [5.74, 6) is -0.470. The SMILES string of the molecule is Cc1noc(CSc2ccccc2C(=O)OCC(=O)Nc2ccc(F)c(Cl)c2)n1. The third kappa shape index (κ3) is 5.78. The Morgan fingerprint density at radius 2 is 2.07 bits per heavy atom. The number of rotatable bonds is 7. The number of carbonyl (C=O) groups is 2. The first kappa shape index (κ1) is 20.8. The van der Waals surface area contributed by atoms with Gasteiger partial charge < -0.3 is 14.6 Å². The van der Waals surface area contributed by atoms with Crippen molar-refractivity contribution in [1.29, 1.82) is 0 Å². The summed E-state index contributed by atoms with van der Waals surface area (Å²) in [6, 6.07) is 10.6. The molecule has 3 rings (SSSR count). The number of nitrogens with one attached hydrogen (secondary N) is 1. The molecule has 0 aliphatic rings. The summed E-state index contributed by atoms with van der Waals surface area (Å²) in [6.45, 7) is 1.21. The highest BCUT2D eigenvalue weighted by atomic mass is 35.5. The summed E-state index contributed by atoms with van der Waals surface area (Å²) < 4.78 is 23.3. The first-order valence-electron chi connectivity index (χ1n) is 8.35. The van der Waals surface area contributed by atoms with Crippen LogP contribution in [0.2, 0.25) is 5.02 Å². The van der Waals surface area contributed by atoms with Crippen LogP contribution in [-0.4, -0.2) is 28.6 Å². The van der Waals surface area contributed by atoms with Crippen LogP contribution in [0.25, 0.3) is 0 Å². The number of benzene rings is 2. The number of esters is 1. The number of nitrogens with zero attached hydrogens (tertiary/aromatic N) is 2. The smallest absolute Gasteiger partial charge is 0.339 e. The van der Waals surface area contributed by atoms with Crippen molar-refractivity contribution < 1.29 is 23.2 Å². The van der Waals surface area contributed by atoms with Gasteiger partial charge in [-0.2, -0.15) is 4.98 Å². The van der Waals surface area contributed by atoms with Crippen molar-refractivity contribution in [2.75, 3.05) is 11.9 Å². The molecule has 0 fully saturated rings. The third-order valence-corrected chi connectivity index (χ3v) is 4.91. The number of halogens is 2. The van der Waals surface area contributed by atoms with E-state index in [1.165, 1.54) is 23.9 Å². The van der Waals surface area contributed by atoms with E-state index in [1.54, 1.807) is 31.2 Å². The maximum Gasteiger partial charge on any atom is 0.339 e. The summed E-state index contributed by atoms with van der Waals surface area (Å²) in [4.78, 5) is 29.1. The Kier molecular flexibility index (Phi) is 6.84. The van der Waals surface area contributed by atoms with Gasteiger partial charge in [-0.1, -0.05) is 28.9 Å². The highest BCUT2D eigenvalue weighted by Crippen LogP contribution is 2.26. The molecule has 0 saturated heterocycles. The van der Waals surface area contributed by atoms with Crippen molar-refractivity contribution in [3.05, 3.63) is 70.6 Å². The van der Waals surface area contributed by atoms with Crippen LogP contribution in [0.5, 0.6) is 0 Å². The number of hydrogen-bond acceptors (Lipinski definition) is 7. The van der Waals surface area contributed by atoms with Crippen molar-refractivity contribution >= 4 is 40.9 Å². The van der Waals surface area contributed by atoms with Crippen LogP contribution in [0.3, 0.4) is 0 Å². The van der Waals surface area contributed by atoms with Gasteiger partial charge in [0.15, 0.2) is 12.4 Å². The zero-order chi connectivity index (χ0) is 20.8. The number of thioether (sulfide) groups is 1. The number of carbonyl (C=O) groups excluding carboxylic acids is 2. The van der Waals surface area contributed by atoms with Gasteiger partial charge >= 0.3 is 5.97 Å². The van der Waals surface area contributed by atoms with Gasteiger partial charge in [-0.25, -0.2) is 9.18 Å². The Hall–Kier alpha value is -2.91. The molecule has 1 N–H and O–H groups in total. The molecule has 3 aromatic rings. The lowest BCUT2D eigenvalue weighted by Gasteiger charge is -2.09. The third-order valence-electron chi connectivity index (χ3n) is 3.57. The largest absolute Gasteiger partial charge is 0.452 e. The van der Waals surface area contributed by atoms with Crippen molar-refractivity contribution in [2.45, 2.75) is 17.6 Å². The molecular weight excluding hydrogens is 421 g/mol. The number of aryl methyl sites for hydroxylation is 1. The van der Waals surface area contributed by atoms with E-state index < -0.39 is 24.3 Å². The van der Waals surface area contributed by atoms with Crippen LogP contribution in [-0.2, 0) is 15.3 Å². The van der Waals surface area contributed by atoms with Crippen LogP contribution in [0.1, 0.15) is 22.1 Å². The second-order valence-corrected chi connectivity index (χ2v) is 7.20. The molecule has 150 valence electrons. The molecule has 0 bridgehead atoms. The standard InChI is InChI=1S/C19H15ClFN3O4S/c1-11-22-18(28-24-11)10-29-16-5-3-2-4-13(16)19(26)27-9-17(25)23-12-6-7-15(21)14(20)8-12/h2-8H,9-10H2,1H3,(H,23,25). The van der Waals surface area contributed by atoms with E-state index >= 15 is 0 Å². The number of hydrogen-bond donors (Lipinski definition) is 1. The number of anilines is 1. The molecule has 0 spiro atoms. The van der Waals surface area contributed by atoms with Crippen molar-refractivity contribution in [3.8, 4) is 0 Å². The Morgan fingerprint density at radius 1 is 1.28 bits per heavy atom. The fourth-order valence-electron chi connectivity index (χ4n) is 2.28. The second kappa shape index (κ2) is 9.53. The Labute approximate surface area is 174 Å². The Bertz CT molecular complexity index is 1040. The molecule has 1 aromatic heterocycles. The van der Waals surface area contributed by atoms with E-state index in [9.17, 15) is 14.0 Å². The summed E-state index contributed by atoms with van der Waals surface area (Å²) in [7, 11) is 0. The van der Waals surface area contributed by atoms with Crippen LogP contribution >= 0.6 is 23.4 Å². The van der Waals surface area contributed by atoms with Gasteiger partial charge in [0.1, 0.15) is 5.82 Å². The van der Waals surface area contributed by atoms with Crippen molar-refractivity contribution in [3.63, 3.8) is 0 Å². The summed E-state index contributed by atoms with van der Waals surface area (Å²) in [5.41, 5.74) is 0.606. The molecule has 2 aromatic carbocycles. The van der Waals surface area contributed by atoms with Gasteiger partial charge in [0.25, 0.3) is 5.91 Å². The molecule has 7 nitrogen and oxygen atoms in total. The molecule has 0 radical (unpaired) electrons. The zero-order valence-corrected chi connectivity index (χ0v) is 16.7. The number of ether oxygens (including phenoxy) is 1. The molecule has 0 saturated carbocycles. The second-order valence-electron chi connectivity index (χ2n) is 5.77. The van der Waals surface area contributed by atoms with Crippen molar-refractivity contribution in [1.82, 2.24) is 10.1 Å². The minimum Gasteiger partial charge on any atom is -0.452 e. The highest BCUT2D eigenvalue weighted by molar-refractivity contribution is 7.98. The fraction of sp³-hybridized carbons (Fsp3) is 0.158. The average Bonchev–Trinajstić information content (AvgIpc) is 3.13. The first-order valence-corrected chi connectivity index (χ1v) is 9.72. The van der Waals surface area contributed by atoms with Gasteiger partial charge in [0, 0.05) is 10.6 Å². The van der Waals surface area contributed by atoms with Crippen molar-refractivity contribution in [2.24, 2.45) is 0 Å². The maximum atomic E-state index is 13.2. The van der Waals surface area contributed by atoms with E-state index in [1.807, 2.05) is 0 Å². The van der Waals surface area contributed by atoms with Gasteiger partial charge in [-0.3, -0.25) is 4.79 Å². The van der Waals surface area contributed by atoms with Crippen LogP contribution < -0.4 is 5.32 Å². The monoisotopic (exact) mass is 435 g/mol. The quantitative estimate of drug-likeness (QED) is 0.437. The van der Waals surface area contributed by atoms with Gasteiger partial charge in [0.05, 0.1) is 16.3 Å². The summed E-state index contributed by atoms with van der Waals surface area (Å²) in [6.07, 6.45) is 0. The van der Waals surface area contributed by atoms with Gasteiger partial charge in [0.2, 0.25) is 5.89 Å². The lowest BCUT2D eigenvalue weighted by atomic mass is 10.2. The van der Waals surface area contributed by atoms with Crippen LogP contribution in [0.15, 0.2) is 51.9 Å². The van der Waals surface area contributed by atoms with E-state index in [-0.39, 0.29) is 5.02 Å². The van der Waals surface area contributed by atoms with E-state index in [4.69, 9.17) is 20.9 Å². The number of aromatic nitrogens is 2. The molecule has 0 atom stereocenters. The predicted molar refractivity (Wildman–Crippen MR) is 105 cm³/mol. The molecule has 29 heavy (non-hydrogen) atoms. The maximum absolute atomic E-state index is 13.2. The Balaban J connectivity index is 1.57. The highest BCUT2D eigenvalue weighted by Gasteiger charge is 2.16. The molecule has 0 aliphatic carbocycles. The lowest BCUT2D eigenvalue weighted by Crippen LogP contribution is -2.21. The van der Waals surface area contributed by atoms with Gasteiger partial charge in [-0.15, -0.1) is 11.8 Å². The van der Waals surface area contributed by atoms with Crippen LogP contribution in [0, 0.1) is 12.7 Å². The minimum atomic E-state index is -0.651. The molecule has 10 heteroatoms. The molecule has 1 amide bonds. The predicted octanol–water partition coefficient (Wildman–Crippen LogP) is 4.26. The van der Waals surface area contributed by atoms with Gasteiger partial charge in [-0.05, 0) is 37.3 Å². The van der Waals surface area contributed by atoms with E-state index in [0.717, 1.165) is 6.07 Å². The molecule has 0 unspecified atom stereocenters. The normalized spacial score (nSPS) is 10.6. The van der Waals surface area contributed by atoms with Crippen LogP contribution in [0.4, 0.5) is 10.1 Å². The van der Waals surface area contributed by atoms with E-state index in [0.29, 0.717) is 33.6 Å². The lowest BCUT2D eigenvalue weighted by molar-refractivity contribution is -0.119. The fourth-order valence-corrected chi connectivity index (χ4v) is 3.34. The molecular formula is C19H15ClFN3O4S. The van der Waals surface area contributed by atoms with E-state index in [2.05, 4.69) is 15.5 Å². The topological polar surface area (TPSA) is 94.3 Å².